The highest BCUT2D eigenvalue weighted by Gasteiger charge is 2.44. The summed E-state index contributed by atoms with van der Waals surface area (Å²) in [5.74, 6) is 2.39. The molecule has 2 aliphatic rings. The van der Waals surface area contributed by atoms with Crippen LogP contribution in [0.2, 0.25) is 0 Å². The fourth-order valence-electron chi connectivity index (χ4n) is 6.25. The maximum atomic E-state index is 5.77. The van der Waals surface area contributed by atoms with Crippen LogP contribution in [0.25, 0.3) is 16.7 Å². The zero-order valence-corrected chi connectivity index (χ0v) is 22.3. The molecular formula is C33H38NO+. The van der Waals surface area contributed by atoms with E-state index in [1.807, 2.05) is 0 Å². The summed E-state index contributed by atoms with van der Waals surface area (Å²) in [7, 11) is 4.00. The highest BCUT2D eigenvalue weighted by atomic mass is 16.5. The van der Waals surface area contributed by atoms with Crippen molar-refractivity contribution >= 4 is 11.3 Å². The van der Waals surface area contributed by atoms with E-state index in [0.29, 0.717) is 11.8 Å². The average Bonchev–Trinajstić information content (AvgIpc) is 3.15. The largest absolute Gasteiger partial charge is 0.496 e. The number of allylic oxidation sites excluding steroid dienone is 1. The lowest BCUT2D eigenvalue weighted by molar-refractivity contribution is -0.418. The Kier molecular flexibility index (Phi) is 6.17. The van der Waals surface area contributed by atoms with Gasteiger partial charge in [-0.15, -0.1) is 0 Å². The van der Waals surface area contributed by atoms with Gasteiger partial charge in [-0.05, 0) is 77.1 Å². The number of methoxy groups -OCH3 is 1. The molecule has 0 fully saturated rings. The Morgan fingerprint density at radius 1 is 0.800 bits per heavy atom. The van der Waals surface area contributed by atoms with Gasteiger partial charge in [-0.3, -0.25) is 0 Å². The lowest BCUT2D eigenvalue weighted by Gasteiger charge is -2.29. The van der Waals surface area contributed by atoms with Crippen LogP contribution in [0.4, 0.5) is 0 Å². The van der Waals surface area contributed by atoms with Crippen LogP contribution in [-0.4, -0.2) is 24.4 Å². The Morgan fingerprint density at radius 2 is 1.46 bits per heavy atom. The second-order valence-electron chi connectivity index (χ2n) is 11.1. The van der Waals surface area contributed by atoms with Crippen molar-refractivity contribution in [3.8, 4) is 16.9 Å². The molecule has 0 N–H and O–H groups in total. The van der Waals surface area contributed by atoms with Gasteiger partial charge in [0, 0.05) is 11.1 Å². The summed E-state index contributed by atoms with van der Waals surface area (Å²) in [6.07, 6.45) is 4.60. The smallest absolute Gasteiger partial charge is 0.201 e. The SMILES string of the molecule is COc1ccc2c(c1C)C1=[N+](C)C=C(c3c(CC(C)C)cccc3CC(C)C)C1c1ccccc1-2. The molecule has 0 aromatic heterocycles. The number of ether oxygens (including phenoxy) is 1. The highest BCUT2D eigenvalue weighted by Crippen LogP contribution is 2.51. The Labute approximate surface area is 211 Å². The lowest BCUT2D eigenvalue weighted by atomic mass is 9.71. The van der Waals surface area contributed by atoms with Crippen molar-refractivity contribution in [3.63, 3.8) is 0 Å². The number of nitrogens with zero attached hydrogens (tertiary/aromatic N) is 1. The van der Waals surface area contributed by atoms with Crippen molar-refractivity contribution in [3.05, 3.63) is 94.2 Å². The van der Waals surface area contributed by atoms with Crippen molar-refractivity contribution in [2.75, 3.05) is 14.2 Å². The van der Waals surface area contributed by atoms with Gasteiger partial charge in [0.1, 0.15) is 18.7 Å². The Morgan fingerprint density at radius 3 is 2.09 bits per heavy atom. The minimum atomic E-state index is 0.216. The fourth-order valence-corrected chi connectivity index (χ4v) is 6.25. The van der Waals surface area contributed by atoms with E-state index >= 15 is 0 Å². The first-order valence-corrected chi connectivity index (χ1v) is 13.0. The minimum absolute atomic E-state index is 0.216. The summed E-state index contributed by atoms with van der Waals surface area (Å²) in [4.78, 5) is 0. The third-order valence-corrected chi connectivity index (χ3v) is 7.53. The first-order chi connectivity index (χ1) is 16.8. The van der Waals surface area contributed by atoms with E-state index < -0.39 is 0 Å². The average molecular weight is 465 g/mol. The maximum absolute atomic E-state index is 5.77. The van der Waals surface area contributed by atoms with Crippen molar-refractivity contribution in [1.29, 1.82) is 0 Å². The first-order valence-electron chi connectivity index (χ1n) is 13.0. The number of hydrogen-bond donors (Lipinski definition) is 0. The van der Waals surface area contributed by atoms with Crippen LogP contribution in [0.15, 0.2) is 60.8 Å². The molecule has 1 heterocycles. The van der Waals surface area contributed by atoms with Gasteiger partial charge in [0.2, 0.25) is 5.71 Å². The number of rotatable bonds is 6. The molecule has 35 heavy (non-hydrogen) atoms. The molecule has 1 atom stereocenters. The summed E-state index contributed by atoms with van der Waals surface area (Å²) >= 11 is 0. The monoisotopic (exact) mass is 464 g/mol. The van der Waals surface area contributed by atoms with Crippen LogP contribution in [0.5, 0.6) is 5.75 Å². The van der Waals surface area contributed by atoms with Crippen LogP contribution < -0.4 is 4.74 Å². The van der Waals surface area contributed by atoms with Crippen LogP contribution in [0, 0.1) is 18.8 Å². The zero-order valence-electron chi connectivity index (χ0n) is 22.3. The Hall–Kier alpha value is -3.13. The molecular weight excluding hydrogens is 426 g/mol. The van der Waals surface area contributed by atoms with E-state index in [2.05, 4.69) is 107 Å². The van der Waals surface area contributed by atoms with Crippen LogP contribution >= 0.6 is 0 Å². The van der Waals surface area contributed by atoms with Crippen molar-refractivity contribution in [1.82, 2.24) is 0 Å². The van der Waals surface area contributed by atoms with E-state index in [1.165, 1.54) is 55.8 Å². The topological polar surface area (TPSA) is 12.2 Å². The summed E-state index contributed by atoms with van der Waals surface area (Å²) in [6.45, 7) is 11.5. The predicted molar refractivity (Wildman–Crippen MR) is 148 cm³/mol. The maximum Gasteiger partial charge on any atom is 0.201 e. The van der Waals surface area contributed by atoms with Crippen molar-refractivity contribution < 1.29 is 9.31 Å². The Bertz CT molecular complexity index is 1330. The molecule has 180 valence electrons. The van der Waals surface area contributed by atoms with Crippen molar-refractivity contribution in [2.24, 2.45) is 11.8 Å². The van der Waals surface area contributed by atoms with Gasteiger partial charge < -0.3 is 4.74 Å². The van der Waals surface area contributed by atoms with E-state index in [1.54, 1.807) is 7.11 Å². The molecule has 1 aliphatic heterocycles. The molecule has 3 aromatic rings. The summed E-state index contributed by atoms with van der Waals surface area (Å²) < 4.78 is 8.15. The normalized spacial score (nSPS) is 16.4. The van der Waals surface area contributed by atoms with Gasteiger partial charge >= 0.3 is 0 Å². The quantitative estimate of drug-likeness (QED) is 0.341. The zero-order chi connectivity index (χ0) is 24.9. The Balaban J connectivity index is 1.78. The number of fused-ring (bicyclic) bond motifs is 6. The molecule has 0 saturated carbocycles. The summed E-state index contributed by atoms with van der Waals surface area (Å²) in [5, 5.41) is 0. The fraction of sp³-hybridized carbons (Fsp3) is 0.364. The molecule has 0 saturated heterocycles. The van der Waals surface area contributed by atoms with Gasteiger partial charge in [0.15, 0.2) is 6.20 Å². The molecule has 1 aliphatic carbocycles. The van der Waals surface area contributed by atoms with Gasteiger partial charge in [0.25, 0.3) is 0 Å². The molecule has 0 amide bonds. The van der Waals surface area contributed by atoms with Gasteiger partial charge in [-0.1, -0.05) is 70.2 Å². The van der Waals surface area contributed by atoms with Gasteiger partial charge in [0.05, 0.1) is 12.7 Å². The van der Waals surface area contributed by atoms with Crippen LogP contribution in [0.3, 0.4) is 0 Å². The third-order valence-electron chi connectivity index (χ3n) is 7.53. The summed E-state index contributed by atoms with van der Waals surface area (Å²) in [5.41, 5.74) is 13.8. The number of benzene rings is 3. The number of hydrogen-bond acceptors (Lipinski definition) is 1. The molecule has 5 rings (SSSR count). The van der Waals surface area contributed by atoms with E-state index in [0.717, 1.165) is 18.6 Å². The van der Waals surface area contributed by atoms with Crippen LogP contribution in [0.1, 0.15) is 67.0 Å². The van der Waals surface area contributed by atoms with Gasteiger partial charge in [-0.25, -0.2) is 4.58 Å². The van der Waals surface area contributed by atoms with E-state index in [9.17, 15) is 0 Å². The van der Waals surface area contributed by atoms with Crippen LogP contribution in [-0.2, 0) is 12.8 Å². The molecule has 1 unspecified atom stereocenters. The first kappa shape index (κ1) is 23.6. The van der Waals surface area contributed by atoms with E-state index in [4.69, 9.17) is 4.74 Å². The standard InChI is InChI=1S/C33H38NO/c1-20(2)17-23-11-10-12-24(18-21(3)4)31(23)28-19-34(6)33-30-22(5)29(35-7)16-15-27(30)25-13-8-9-14-26(25)32(28)33/h8-16,19-21,32H,17-18H2,1-7H3/q+1. The highest BCUT2D eigenvalue weighted by molar-refractivity contribution is 6.19. The molecule has 2 heteroatoms. The molecule has 0 radical (unpaired) electrons. The minimum Gasteiger partial charge on any atom is -0.496 e. The predicted octanol–water partition coefficient (Wildman–Crippen LogP) is 7.65. The second kappa shape index (κ2) is 9.15. The molecule has 0 spiro atoms. The lowest BCUT2D eigenvalue weighted by Crippen LogP contribution is -2.25. The molecule has 2 nitrogen and oxygen atoms in total. The van der Waals surface area contributed by atoms with Gasteiger partial charge in [-0.2, -0.15) is 0 Å². The van der Waals surface area contributed by atoms with E-state index in [-0.39, 0.29) is 5.92 Å². The molecule has 3 aromatic carbocycles. The summed E-state index contributed by atoms with van der Waals surface area (Å²) in [6, 6.07) is 20.3. The molecule has 0 bridgehead atoms. The third kappa shape index (κ3) is 3.93. The second-order valence-corrected chi connectivity index (χ2v) is 11.1. The van der Waals surface area contributed by atoms with Crippen molar-refractivity contribution in [2.45, 2.75) is 53.4 Å².